The van der Waals surface area contributed by atoms with Crippen LogP contribution in [0.15, 0.2) is 170 Å². The van der Waals surface area contributed by atoms with Gasteiger partial charge in [-0.2, -0.15) is 0 Å². The summed E-state index contributed by atoms with van der Waals surface area (Å²) >= 11 is 0. The third-order valence-corrected chi connectivity index (χ3v) is 13.0. The lowest BCUT2D eigenvalue weighted by atomic mass is 9.72. The molecule has 0 aliphatic heterocycles. The van der Waals surface area contributed by atoms with Crippen molar-refractivity contribution < 1.29 is 10.2 Å². The molecule has 0 bridgehead atoms. The zero-order valence-corrected chi connectivity index (χ0v) is 36.5. The summed E-state index contributed by atoms with van der Waals surface area (Å²) in [4.78, 5) is 0. The molecule has 0 spiro atoms. The molecule has 0 heterocycles. The maximum Gasteiger partial charge on any atom is 0.124 e. The van der Waals surface area contributed by atoms with Gasteiger partial charge in [0.1, 0.15) is 11.5 Å². The fourth-order valence-electron chi connectivity index (χ4n) is 8.57. The topological polar surface area (TPSA) is 64.5 Å². The zero-order valence-electron chi connectivity index (χ0n) is 36.5. The molecule has 0 saturated heterocycles. The number of aromatic hydroxyl groups is 2. The lowest BCUT2D eigenvalue weighted by Crippen LogP contribution is -2.24. The lowest BCUT2D eigenvalue weighted by Gasteiger charge is -2.33. The molecule has 7 rings (SSSR count). The quantitative estimate of drug-likeness (QED) is 0.0886. The third-order valence-electron chi connectivity index (χ3n) is 13.0. The van der Waals surface area contributed by atoms with E-state index in [1.165, 1.54) is 11.1 Å². The SMILES string of the molecule is CC(C)(c1ccccc1)c1cc(CNc2ccccc2NCc2cc(C(C)(C)c3ccccc3)cc(C(C)(C)c3ccccc3)c2O)c(O)c(C(C)(C)c2ccccc2)c1. The first-order valence-corrected chi connectivity index (χ1v) is 21.1. The van der Waals surface area contributed by atoms with Crippen LogP contribution in [-0.2, 0) is 34.7 Å². The smallest absolute Gasteiger partial charge is 0.124 e. The van der Waals surface area contributed by atoms with Crippen molar-refractivity contribution in [1.29, 1.82) is 0 Å². The van der Waals surface area contributed by atoms with Crippen molar-refractivity contribution in [3.8, 4) is 11.5 Å². The second-order valence-electron chi connectivity index (χ2n) is 18.3. The number of para-hydroxylation sites is 2. The molecule has 0 aliphatic carbocycles. The highest BCUT2D eigenvalue weighted by molar-refractivity contribution is 5.69. The molecule has 4 N–H and O–H groups in total. The van der Waals surface area contributed by atoms with E-state index >= 15 is 0 Å². The Labute approximate surface area is 358 Å². The van der Waals surface area contributed by atoms with Crippen LogP contribution in [0.25, 0.3) is 0 Å². The molecule has 0 saturated carbocycles. The summed E-state index contributed by atoms with van der Waals surface area (Å²) in [5.41, 5.74) is 10.7. The molecule has 0 unspecified atom stereocenters. The number of anilines is 2. The van der Waals surface area contributed by atoms with E-state index in [-0.39, 0.29) is 10.8 Å². The van der Waals surface area contributed by atoms with Gasteiger partial charge in [-0.1, -0.05) is 201 Å². The average molecular weight is 793 g/mol. The molecular formula is C56H60N2O2. The van der Waals surface area contributed by atoms with Crippen molar-refractivity contribution in [2.75, 3.05) is 10.6 Å². The van der Waals surface area contributed by atoms with Gasteiger partial charge in [0.15, 0.2) is 0 Å². The Balaban J connectivity index is 1.23. The van der Waals surface area contributed by atoms with Gasteiger partial charge in [0, 0.05) is 57.0 Å². The Bertz CT molecular complexity index is 2360. The van der Waals surface area contributed by atoms with Crippen molar-refractivity contribution in [2.24, 2.45) is 0 Å². The fourth-order valence-corrected chi connectivity index (χ4v) is 8.57. The average Bonchev–Trinajstić information content (AvgIpc) is 3.27. The number of hydrogen-bond donors (Lipinski definition) is 4. The molecule has 0 amide bonds. The normalized spacial score (nSPS) is 12.3. The zero-order chi connectivity index (χ0) is 42.7. The van der Waals surface area contributed by atoms with Crippen LogP contribution in [0.1, 0.15) is 111 Å². The summed E-state index contributed by atoms with van der Waals surface area (Å²) in [5.74, 6) is 0.594. The lowest BCUT2D eigenvalue weighted by molar-refractivity contribution is 0.445. The first-order chi connectivity index (χ1) is 28.6. The third kappa shape index (κ3) is 8.29. The number of rotatable bonds is 14. The van der Waals surface area contributed by atoms with E-state index in [4.69, 9.17) is 0 Å². The van der Waals surface area contributed by atoms with Crippen LogP contribution in [-0.4, -0.2) is 10.2 Å². The first kappa shape index (κ1) is 41.9. The Morgan fingerprint density at radius 2 is 0.600 bits per heavy atom. The van der Waals surface area contributed by atoms with Crippen molar-refractivity contribution in [1.82, 2.24) is 0 Å². The van der Waals surface area contributed by atoms with E-state index in [9.17, 15) is 10.2 Å². The first-order valence-electron chi connectivity index (χ1n) is 21.1. The second kappa shape index (κ2) is 16.8. The van der Waals surface area contributed by atoms with Gasteiger partial charge in [-0.3, -0.25) is 0 Å². The molecule has 7 aromatic carbocycles. The predicted molar refractivity (Wildman–Crippen MR) is 252 cm³/mol. The van der Waals surface area contributed by atoms with Crippen molar-refractivity contribution in [3.63, 3.8) is 0 Å². The molecule has 7 aromatic rings. The number of nitrogens with one attached hydrogen (secondary N) is 2. The van der Waals surface area contributed by atoms with Crippen LogP contribution < -0.4 is 10.6 Å². The molecule has 0 aromatic heterocycles. The standard InChI is InChI=1S/C56H60N2O2/c1-53(2,41-23-13-9-14-24-41)45-33-39(51(59)47(35-45)55(5,6)43-27-17-11-18-28-43)37-57-49-31-21-22-32-50(49)58-38-40-34-46(54(3,4)42-25-15-10-16-26-42)36-48(52(40)60)56(7,8)44-29-19-12-20-30-44/h9-36,57-60H,37-38H2,1-8H3. The monoisotopic (exact) mass is 792 g/mol. The molecule has 0 aliphatic rings. The summed E-state index contributed by atoms with van der Waals surface area (Å²) in [5, 5.41) is 31.7. The van der Waals surface area contributed by atoms with E-state index in [1.54, 1.807) is 0 Å². The van der Waals surface area contributed by atoms with Crippen LogP contribution in [0, 0.1) is 0 Å². The molecule has 0 atom stereocenters. The van der Waals surface area contributed by atoms with Crippen molar-refractivity contribution >= 4 is 11.4 Å². The minimum absolute atomic E-state index is 0.297. The number of hydrogen-bond acceptors (Lipinski definition) is 4. The number of phenolic OH excluding ortho intramolecular Hbond substituents is 2. The highest BCUT2D eigenvalue weighted by atomic mass is 16.3. The molecule has 4 heteroatoms. The van der Waals surface area contributed by atoms with Gasteiger partial charge in [0.2, 0.25) is 0 Å². The number of benzene rings is 7. The van der Waals surface area contributed by atoms with Crippen LogP contribution in [0.4, 0.5) is 11.4 Å². The number of phenols is 2. The minimum atomic E-state index is -0.456. The Hall–Kier alpha value is -6.26. The van der Waals surface area contributed by atoms with Crippen LogP contribution in [0.3, 0.4) is 0 Å². The Morgan fingerprint density at radius 1 is 0.333 bits per heavy atom. The summed E-state index contributed by atoms with van der Waals surface area (Å²) < 4.78 is 0. The summed E-state index contributed by atoms with van der Waals surface area (Å²) in [7, 11) is 0. The molecule has 4 nitrogen and oxygen atoms in total. The highest BCUT2D eigenvalue weighted by Gasteiger charge is 2.33. The Morgan fingerprint density at radius 3 is 0.900 bits per heavy atom. The van der Waals surface area contributed by atoms with Crippen LogP contribution in [0.2, 0.25) is 0 Å². The van der Waals surface area contributed by atoms with E-state index in [0.717, 1.165) is 55.9 Å². The van der Waals surface area contributed by atoms with Gasteiger partial charge in [0.05, 0.1) is 11.4 Å². The van der Waals surface area contributed by atoms with Crippen molar-refractivity contribution in [3.05, 3.63) is 225 Å². The van der Waals surface area contributed by atoms with Gasteiger partial charge in [0.25, 0.3) is 0 Å². The van der Waals surface area contributed by atoms with E-state index in [1.807, 2.05) is 24.3 Å². The van der Waals surface area contributed by atoms with Gasteiger partial charge < -0.3 is 20.8 Å². The molecule has 60 heavy (non-hydrogen) atoms. The van der Waals surface area contributed by atoms with Gasteiger partial charge in [-0.15, -0.1) is 0 Å². The molecular weight excluding hydrogens is 733 g/mol. The Kier molecular flexibility index (Phi) is 11.7. The van der Waals surface area contributed by atoms with E-state index in [2.05, 4.69) is 212 Å². The highest BCUT2D eigenvalue weighted by Crippen LogP contribution is 2.45. The summed E-state index contributed by atoms with van der Waals surface area (Å²) in [6, 6.07) is 58.9. The fraction of sp³-hybridized carbons (Fsp3) is 0.250. The molecule has 0 radical (unpaired) electrons. The van der Waals surface area contributed by atoms with Crippen molar-refractivity contribution in [2.45, 2.75) is 90.1 Å². The van der Waals surface area contributed by atoms with Crippen LogP contribution in [0.5, 0.6) is 11.5 Å². The maximum absolute atomic E-state index is 12.1. The van der Waals surface area contributed by atoms with Gasteiger partial charge in [-0.05, 0) is 57.6 Å². The maximum atomic E-state index is 12.1. The largest absolute Gasteiger partial charge is 0.507 e. The van der Waals surface area contributed by atoms with E-state index in [0.29, 0.717) is 24.6 Å². The molecule has 0 fully saturated rings. The predicted octanol–water partition coefficient (Wildman–Crippen LogP) is 13.6. The van der Waals surface area contributed by atoms with Crippen LogP contribution >= 0.6 is 0 Å². The van der Waals surface area contributed by atoms with Gasteiger partial charge in [-0.25, -0.2) is 0 Å². The summed E-state index contributed by atoms with van der Waals surface area (Å²) in [6.07, 6.45) is 0. The van der Waals surface area contributed by atoms with Gasteiger partial charge >= 0.3 is 0 Å². The summed E-state index contributed by atoms with van der Waals surface area (Å²) in [6.45, 7) is 18.6. The van der Waals surface area contributed by atoms with E-state index < -0.39 is 10.8 Å². The second-order valence-corrected chi connectivity index (χ2v) is 18.3. The minimum Gasteiger partial charge on any atom is -0.507 e. The molecule has 306 valence electrons.